The lowest BCUT2D eigenvalue weighted by atomic mass is 10.2. The number of hydrogen-bond donors (Lipinski definition) is 1. The maximum Gasteiger partial charge on any atom is 0.226 e. The first-order valence-corrected chi connectivity index (χ1v) is 5.16. The lowest BCUT2D eigenvalue weighted by molar-refractivity contribution is -0.118. The van der Waals surface area contributed by atoms with Crippen LogP contribution < -0.4 is 4.90 Å². The second-order valence-corrected chi connectivity index (χ2v) is 3.30. The van der Waals surface area contributed by atoms with E-state index in [0.29, 0.717) is 18.7 Å². The molecular weight excluding hydrogens is 204 g/mol. The molecule has 0 heterocycles. The van der Waals surface area contributed by atoms with Crippen LogP contribution >= 0.6 is 0 Å². The van der Waals surface area contributed by atoms with Gasteiger partial charge in [0, 0.05) is 13.0 Å². The summed E-state index contributed by atoms with van der Waals surface area (Å²) in [5, 5.41) is 18.2. The number of amides is 1. The van der Waals surface area contributed by atoms with E-state index in [1.165, 1.54) is 11.0 Å². The second-order valence-electron chi connectivity index (χ2n) is 3.30. The van der Waals surface area contributed by atoms with Gasteiger partial charge in [0.1, 0.15) is 5.75 Å². The molecule has 0 aliphatic rings. The Morgan fingerprint density at radius 1 is 1.50 bits per heavy atom. The Morgan fingerprint density at radius 2 is 2.19 bits per heavy atom. The van der Waals surface area contributed by atoms with E-state index in [2.05, 4.69) is 0 Å². The van der Waals surface area contributed by atoms with E-state index in [4.69, 9.17) is 5.26 Å². The first-order chi connectivity index (χ1) is 7.70. The zero-order chi connectivity index (χ0) is 12.0. The number of carbonyl (C=O) groups excluding carboxylic acids is 1. The van der Waals surface area contributed by atoms with Gasteiger partial charge in [-0.15, -0.1) is 0 Å². The van der Waals surface area contributed by atoms with Crippen molar-refractivity contribution in [1.29, 1.82) is 5.26 Å². The van der Waals surface area contributed by atoms with Gasteiger partial charge in [0.25, 0.3) is 0 Å². The number of phenols is 1. The highest BCUT2D eigenvalue weighted by Crippen LogP contribution is 2.26. The molecule has 0 aromatic heterocycles. The number of aromatic hydroxyl groups is 1. The van der Waals surface area contributed by atoms with Crippen LogP contribution in [0.5, 0.6) is 5.75 Å². The largest absolute Gasteiger partial charge is 0.506 e. The molecule has 16 heavy (non-hydrogen) atoms. The highest BCUT2D eigenvalue weighted by Gasteiger charge is 2.16. The maximum atomic E-state index is 11.7. The van der Waals surface area contributed by atoms with Gasteiger partial charge in [0.05, 0.1) is 18.2 Å². The molecule has 0 unspecified atom stereocenters. The summed E-state index contributed by atoms with van der Waals surface area (Å²) >= 11 is 0. The minimum Gasteiger partial charge on any atom is -0.506 e. The van der Waals surface area contributed by atoms with E-state index in [9.17, 15) is 9.90 Å². The van der Waals surface area contributed by atoms with Gasteiger partial charge in [-0.1, -0.05) is 19.1 Å². The Hall–Kier alpha value is -2.02. The van der Waals surface area contributed by atoms with Gasteiger partial charge in [-0.05, 0) is 12.1 Å². The molecule has 1 N–H and O–H groups in total. The Bertz CT molecular complexity index is 410. The number of benzene rings is 1. The normalized spacial score (nSPS) is 9.50. The molecule has 0 aliphatic carbocycles. The van der Waals surface area contributed by atoms with Crippen LogP contribution in [-0.2, 0) is 4.79 Å². The molecule has 0 atom stereocenters. The van der Waals surface area contributed by atoms with E-state index >= 15 is 0 Å². The quantitative estimate of drug-likeness (QED) is 0.841. The predicted octanol–water partition coefficient (Wildman–Crippen LogP) is 2.05. The van der Waals surface area contributed by atoms with Crippen molar-refractivity contribution in [3.8, 4) is 11.8 Å². The van der Waals surface area contributed by atoms with Crippen molar-refractivity contribution >= 4 is 11.6 Å². The molecule has 0 saturated carbocycles. The zero-order valence-corrected chi connectivity index (χ0v) is 9.18. The molecule has 0 radical (unpaired) electrons. The number of nitrogens with zero attached hydrogens (tertiary/aromatic N) is 2. The van der Waals surface area contributed by atoms with Gasteiger partial charge in [0.15, 0.2) is 0 Å². The van der Waals surface area contributed by atoms with Gasteiger partial charge in [0.2, 0.25) is 5.91 Å². The predicted molar refractivity (Wildman–Crippen MR) is 61.0 cm³/mol. The average Bonchev–Trinajstić information content (AvgIpc) is 2.31. The van der Waals surface area contributed by atoms with Crippen molar-refractivity contribution < 1.29 is 9.90 Å². The van der Waals surface area contributed by atoms with E-state index in [1.54, 1.807) is 25.1 Å². The summed E-state index contributed by atoms with van der Waals surface area (Å²) in [5.41, 5.74) is 0.463. The fourth-order valence-electron chi connectivity index (χ4n) is 1.42. The lowest BCUT2D eigenvalue weighted by Crippen LogP contribution is -2.31. The second kappa shape index (κ2) is 5.76. The molecule has 0 aliphatic heterocycles. The van der Waals surface area contributed by atoms with E-state index in [-0.39, 0.29) is 18.1 Å². The molecular formula is C12H14N2O2. The van der Waals surface area contributed by atoms with Crippen LogP contribution in [-0.4, -0.2) is 17.6 Å². The van der Waals surface area contributed by atoms with Crippen molar-refractivity contribution in [2.75, 3.05) is 11.4 Å². The van der Waals surface area contributed by atoms with Gasteiger partial charge in [-0.2, -0.15) is 5.26 Å². The van der Waals surface area contributed by atoms with Crippen molar-refractivity contribution in [2.24, 2.45) is 0 Å². The molecule has 4 heteroatoms. The van der Waals surface area contributed by atoms with Gasteiger partial charge in [-0.3, -0.25) is 4.79 Å². The maximum absolute atomic E-state index is 11.7. The number of rotatable bonds is 4. The van der Waals surface area contributed by atoms with Crippen LogP contribution in [0.15, 0.2) is 24.3 Å². The molecule has 0 spiro atoms. The van der Waals surface area contributed by atoms with E-state index < -0.39 is 0 Å². The summed E-state index contributed by atoms with van der Waals surface area (Å²) < 4.78 is 0. The molecule has 0 saturated heterocycles. The van der Waals surface area contributed by atoms with Crippen LogP contribution in [0.3, 0.4) is 0 Å². The third-order valence-corrected chi connectivity index (χ3v) is 2.22. The Balaban J connectivity index is 2.97. The Labute approximate surface area is 94.7 Å². The molecule has 1 aromatic rings. The molecule has 84 valence electrons. The minimum absolute atomic E-state index is 0.0576. The Morgan fingerprint density at radius 3 is 2.75 bits per heavy atom. The van der Waals surface area contributed by atoms with E-state index in [0.717, 1.165) is 0 Å². The van der Waals surface area contributed by atoms with Crippen LogP contribution in [0.1, 0.15) is 19.8 Å². The molecule has 0 bridgehead atoms. The molecule has 0 fully saturated rings. The first-order valence-electron chi connectivity index (χ1n) is 5.16. The molecule has 1 aromatic carbocycles. The summed E-state index contributed by atoms with van der Waals surface area (Å²) in [5.74, 6) is -0.0426. The van der Waals surface area contributed by atoms with E-state index in [1.807, 2.05) is 6.07 Å². The average molecular weight is 218 g/mol. The highest BCUT2D eigenvalue weighted by molar-refractivity contribution is 5.94. The first kappa shape index (κ1) is 12.1. The van der Waals surface area contributed by atoms with Crippen LogP contribution in [0, 0.1) is 11.3 Å². The standard InChI is InChI=1S/C12H14N2O2/c1-2-12(16)14(9-5-8-13)10-6-3-4-7-11(10)15/h3-4,6-7,15H,2,5,9H2,1H3. The number of anilines is 1. The fraction of sp³-hybridized carbons (Fsp3) is 0.333. The topological polar surface area (TPSA) is 64.3 Å². The number of carbonyl (C=O) groups is 1. The highest BCUT2D eigenvalue weighted by atomic mass is 16.3. The summed E-state index contributed by atoms with van der Waals surface area (Å²) in [6.45, 7) is 2.06. The van der Waals surface area contributed by atoms with Crippen molar-refractivity contribution in [3.05, 3.63) is 24.3 Å². The summed E-state index contributed by atoms with van der Waals surface area (Å²) in [4.78, 5) is 13.1. The summed E-state index contributed by atoms with van der Waals surface area (Å²) in [6.07, 6.45) is 0.597. The van der Waals surface area contributed by atoms with Gasteiger partial charge in [-0.25, -0.2) is 0 Å². The Kier molecular flexibility index (Phi) is 4.34. The summed E-state index contributed by atoms with van der Waals surface area (Å²) in [7, 11) is 0. The van der Waals surface area contributed by atoms with Crippen LogP contribution in [0.4, 0.5) is 5.69 Å². The smallest absolute Gasteiger partial charge is 0.226 e. The number of phenolic OH excluding ortho intramolecular Hbond substituents is 1. The van der Waals surface area contributed by atoms with Crippen LogP contribution in [0.25, 0.3) is 0 Å². The fourth-order valence-corrected chi connectivity index (χ4v) is 1.42. The molecule has 1 amide bonds. The van der Waals surface area contributed by atoms with Crippen LogP contribution in [0.2, 0.25) is 0 Å². The van der Waals surface area contributed by atoms with Gasteiger partial charge < -0.3 is 10.0 Å². The zero-order valence-electron chi connectivity index (χ0n) is 9.18. The lowest BCUT2D eigenvalue weighted by Gasteiger charge is -2.21. The molecule has 1 rings (SSSR count). The van der Waals surface area contributed by atoms with Crippen molar-refractivity contribution in [2.45, 2.75) is 19.8 Å². The number of nitriles is 1. The third kappa shape index (κ3) is 2.74. The summed E-state index contributed by atoms with van der Waals surface area (Å²) in [6, 6.07) is 8.62. The molecule has 4 nitrogen and oxygen atoms in total. The number of hydrogen-bond acceptors (Lipinski definition) is 3. The van der Waals surface area contributed by atoms with Crippen molar-refractivity contribution in [3.63, 3.8) is 0 Å². The van der Waals surface area contributed by atoms with Crippen molar-refractivity contribution in [1.82, 2.24) is 0 Å². The number of para-hydroxylation sites is 2. The minimum atomic E-state index is -0.100. The third-order valence-electron chi connectivity index (χ3n) is 2.22. The monoisotopic (exact) mass is 218 g/mol. The van der Waals surface area contributed by atoms with Gasteiger partial charge >= 0.3 is 0 Å². The SMILES string of the molecule is CCC(=O)N(CCC#N)c1ccccc1O.